The Bertz CT molecular complexity index is 1580. The van der Waals surface area contributed by atoms with Crippen LogP contribution in [0, 0.1) is 6.92 Å². The molecule has 0 aliphatic carbocycles. The highest BCUT2D eigenvalue weighted by Gasteiger charge is 2.18. The molecule has 0 bridgehead atoms. The van der Waals surface area contributed by atoms with Crippen molar-refractivity contribution in [3.63, 3.8) is 0 Å². The number of amides is 3. The van der Waals surface area contributed by atoms with Gasteiger partial charge in [-0.2, -0.15) is 0 Å². The molecule has 4 aromatic rings. The predicted molar refractivity (Wildman–Crippen MR) is 163 cm³/mol. The summed E-state index contributed by atoms with van der Waals surface area (Å²) in [6.07, 6.45) is 1.62. The number of aromatic carboxylic acids is 1. The first-order valence-electron chi connectivity index (χ1n) is 12.5. The topological polar surface area (TPSA) is 125 Å². The van der Waals surface area contributed by atoms with Gasteiger partial charge in [0.05, 0.1) is 10.8 Å². The van der Waals surface area contributed by atoms with Gasteiger partial charge in [0, 0.05) is 26.7 Å². The summed E-state index contributed by atoms with van der Waals surface area (Å²) >= 11 is 2.76. The van der Waals surface area contributed by atoms with E-state index in [0.29, 0.717) is 16.9 Å². The maximum absolute atomic E-state index is 13.1. The van der Waals surface area contributed by atoms with Crippen molar-refractivity contribution in [3.8, 4) is 0 Å². The summed E-state index contributed by atoms with van der Waals surface area (Å²) in [5.74, 6) is -2.21. The van der Waals surface area contributed by atoms with Crippen LogP contribution in [0.15, 0.2) is 101 Å². The van der Waals surface area contributed by atoms with Gasteiger partial charge in [0.25, 0.3) is 11.8 Å². The minimum Gasteiger partial charge on any atom is -0.478 e. The van der Waals surface area contributed by atoms with Gasteiger partial charge in [-0.05, 0) is 85.5 Å². The van der Waals surface area contributed by atoms with Gasteiger partial charge in [-0.15, -0.1) is 23.1 Å². The molecule has 41 heavy (non-hydrogen) atoms. The maximum Gasteiger partial charge on any atom is 0.335 e. The third kappa shape index (κ3) is 8.17. The van der Waals surface area contributed by atoms with Crippen molar-refractivity contribution in [1.29, 1.82) is 0 Å². The van der Waals surface area contributed by atoms with Gasteiger partial charge in [-0.25, -0.2) is 4.79 Å². The molecule has 0 saturated heterocycles. The van der Waals surface area contributed by atoms with Crippen LogP contribution in [0.3, 0.4) is 0 Å². The molecule has 8 nitrogen and oxygen atoms in total. The van der Waals surface area contributed by atoms with Crippen LogP contribution in [-0.2, 0) is 9.59 Å². The largest absolute Gasteiger partial charge is 0.478 e. The molecule has 0 spiro atoms. The van der Waals surface area contributed by atoms with Gasteiger partial charge in [0.15, 0.2) is 0 Å². The van der Waals surface area contributed by atoms with E-state index in [1.807, 2.05) is 23.6 Å². The van der Waals surface area contributed by atoms with E-state index in [0.717, 1.165) is 15.3 Å². The smallest absolute Gasteiger partial charge is 0.335 e. The van der Waals surface area contributed by atoms with E-state index in [4.69, 9.17) is 0 Å². The maximum atomic E-state index is 13.1. The lowest BCUT2D eigenvalue weighted by Gasteiger charge is -2.15. The highest BCUT2D eigenvalue weighted by molar-refractivity contribution is 8.00. The zero-order valence-corrected chi connectivity index (χ0v) is 23.8. The molecule has 3 amide bonds. The van der Waals surface area contributed by atoms with E-state index in [-0.39, 0.29) is 17.2 Å². The van der Waals surface area contributed by atoms with Crippen molar-refractivity contribution in [2.75, 3.05) is 10.6 Å². The Morgan fingerprint density at radius 2 is 1.61 bits per heavy atom. The number of hydrogen-bond acceptors (Lipinski definition) is 6. The number of carbonyl (C=O) groups excluding carboxylic acids is 3. The first kappa shape index (κ1) is 29.3. The van der Waals surface area contributed by atoms with Gasteiger partial charge in [0.1, 0.15) is 5.70 Å². The normalized spacial score (nSPS) is 11.8. The number of nitrogens with one attached hydrogen (secondary N) is 3. The van der Waals surface area contributed by atoms with Crippen LogP contribution < -0.4 is 16.0 Å². The predicted octanol–water partition coefficient (Wildman–Crippen LogP) is 6.28. The monoisotopic (exact) mass is 585 g/mol. The number of carboxylic acid groups (broad SMARTS) is 1. The third-order valence-electron chi connectivity index (χ3n) is 5.90. The molecule has 10 heteroatoms. The Hall–Kier alpha value is -4.67. The van der Waals surface area contributed by atoms with E-state index in [9.17, 15) is 24.3 Å². The quantitative estimate of drug-likeness (QED) is 0.128. The van der Waals surface area contributed by atoms with E-state index < -0.39 is 23.0 Å². The molecule has 0 fully saturated rings. The molecule has 1 aromatic heterocycles. The lowest BCUT2D eigenvalue weighted by atomic mass is 10.1. The average Bonchev–Trinajstić information content (AvgIpc) is 3.48. The first-order chi connectivity index (χ1) is 19.7. The number of hydrogen-bond donors (Lipinski definition) is 4. The van der Waals surface area contributed by atoms with Crippen LogP contribution in [0.1, 0.15) is 38.1 Å². The molecule has 0 saturated carbocycles. The Labute approximate surface area is 245 Å². The third-order valence-corrected chi connectivity index (χ3v) is 7.83. The summed E-state index contributed by atoms with van der Waals surface area (Å²) in [5, 5.41) is 19.0. The zero-order chi connectivity index (χ0) is 29.4. The van der Waals surface area contributed by atoms with Gasteiger partial charge in [0.2, 0.25) is 5.91 Å². The standard InChI is InChI=1S/C31H27N3O5S2/c1-19-10-11-22(31(38)39)17-26(19)33-28(35)20(2)41-24-14-12-23(13-15-24)32-30(37)27(18-25-9-6-16-40-25)34-29(36)21-7-4-3-5-8-21/h3-18,20H,1-2H3,(H,32,37)(H,33,35)(H,34,36)(H,38,39)/b27-18-. The summed E-state index contributed by atoms with van der Waals surface area (Å²) in [5.41, 5.74) is 2.36. The number of thiophene rings is 1. The molecule has 0 aliphatic rings. The molecule has 1 heterocycles. The van der Waals surface area contributed by atoms with Gasteiger partial charge >= 0.3 is 5.97 Å². The van der Waals surface area contributed by atoms with Crippen LogP contribution in [0.4, 0.5) is 11.4 Å². The van der Waals surface area contributed by atoms with Crippen LogP contribution >= 0.6 is 23.1 Å². The molecule has 208 valence electrons. The first-order valence-corrected chi connectivity index (χ1v) is 14.3. The van der Waals surface area contributed by atoms with E-state index in [1.165, 1.54) is 35.2 Å². The lowest BCUT2D eigenvalue weighted by Crippen LogP contribution is -2.30. The summed E-state index contributed by atoms with van der Waals surface area (Å²) in [7, 11) is 0. The minimum absolute atomic E-state index is 0.0943. The number of rotatable bonds is 10. The van der Waals surface area contributed by atoms with Crippen LogP contribution in [-0.4, -0.2) is 34.0 Å². The van der Waals surface area contributed by atoms with Gasteiger partial charge in [-0.1, -0.05) is 30.3 Å². The number of carboxylic acids is 1. The van der Waals surface area contributed by atoms with Crippen molar-refractivity contribution in [2.24, 2.45) is 0 Å². The fraction of sp³-hybridized carbons (Fsp3) is 0.0968. The molecule has 0 aliphatic heterocycles. The van der Waals surface area contributed by atoms with Crippen molar-refractivity contribution in [3.05, 3.63) is 118 Å². The second-order valence-corrected chi connectivity index (χ2v) is 11.3. The van der Waals surface area contributed by atoms with E-state index in [2.05, 4.69) is 16.0 Å². The molecule has 4 N–H and O–H groups in total. The Balaban J connectivity index is 1.40. The molecule has 3 aromatic carbocycles. The fourth-order valence-corrected chi connectivity index (χ4v) is 5.18. The zero-order valence-electron chi connectivity index (χ0n) is 22.2. The molecular formula is C31H27N3O5S2. The Morgan fingerprint density at radius 3 is 2.27 bits per heavy atom. The van der Waals surface area contributed by atoms with Crippen molar-refractivity contribution in [1.82, 2.24) is 5.32 Å². The summed E-state index contributed by atoms with van der Waals surface area (Å²) in [6, 6.07) is 23.9. The van der Waals surface area contributed by atoms with Crippen LogP contribution in [0.25, 0.3) is 6.08 Å². The van der Waals surface area contributed by atoms with Gasteiger partial charge < -0.3 is 21.1 Å². The minimum atomic E-state index is -1.07. The molecule has 0 radical (unpaired) electrons. The van der Waals surface area contributed by atoms with Crippen molar-refractivity contribution in [2.45, 2.75) is 24.0 Å². The number of benzene rings is 3. The second kappa shape index (κ2) is 13.6. The molecule has 1 unspecified atom stereocenters. The number of aryl methyl sites for hydroxylation is 1. The van der Waals surface area contributed by atoms with Crippen LogP contribution in [0.2, 0.25) is 0 Å². The van der Waals surface area contributed by atoms with Gasteiger partial charge in [-0.3, -0.25) is 14.4 Å². The summed E-state index contributed by atoms with van der Waals surface area (Å²) in [4.78, 5) is 51.5. The lowest BCUT2D eigenvalue weighted by molar-refractivity contribution is -0.115. The van der Waals surface area contributed by atoms with E-state index in [1.54, 1.807) is 74.5 Å². The number of anilines is 2. The summed E-state index contributed by atoms with van der Waals surface area (Å²) in [6.45, 7) is 3.54. The van der Waals surface area contributed by atoms with Crippen molar-refractivity contribution >= 4 is 64.2 Å². The highest BCUT2D eigenvalue weighted by atomic mass is 32.2. The highest BCUT2D eigenvalue weighted by Crippen LogP contribution is 2.27. The Morgan fingerprint density at radius 1 is 0.878 bits per heavy atom. The Kier molecular flexibility index (Phi) is 9.73. The average molecular weight is 586 g/mol. The summed E-state index contributed by atoms with van der Waals surface area (Å²) < 4.78 is 0. The molecule has 4 rings (SSSR count). The van der Waals surface area contributed by atoms with Crippen LogP contribution in [0.5, 0.6) is 0 Å². The molecular weight excluding hydrogens is 558 g/mol. The SMILES string of the molecule is Cc1ccc(C(=O)O)cc1NC(=O)C(C)Sc1ccc(NC(=O)/C(=C/c2cccs2)NC(=O)c2ccccc2)cc1. The number of carbonyl (C=O) groups is 4. The second-order valence-electron chi connectivity index (χ2n) is 8.96. The fourth-order valence-electron chi connectivity index (χ4n) is 3.66. The van der Waals surface area contributed by atoms with Crippen molar-refractivity contribution < 1.29 is 24.3 Å². The van der Waals surface area contributed by atoms with E-state index >= 15 is 0 Å². The number of thioether (sulfide) groups is 1. The molecule has 1 atom stereocenters.